The standard InChI is InChI=1S/C14H22N2OS/c1-4-11-5-7-12(8-6-11)16(2)14(17)13(15)9-10-18-3/h5-8,13H,4,9-10,15H2,1-3H3/t13-/m1/s1. The molecule has 3 nitrogen and oxygen atoms in total. The van der Waals surface area contributed by atoms with Crippen molar-refractivity contribution in [2.75, 3.05) is 24.0 Å². The topological polar surface area (TPSA) is 46.3 Å². The molecule has 1 aromatic rings. The largest absolute Gasteiger partial charge is 0.320 e. The van der Waals surface area contributed by atoms with E-state index in [9.17, 15) is 4.79 Å². The highest BCUT2D eigenvalue weighted by Gasteiger charge is 2.18. The van der Waals surface area contributed by atoms with Crippen LogP contribution in [0.1, 0.15) is 18.9 Å². The lowest BCUT2D eigenvalue weighted by Gasteiger charge is -2.21. The molecule has 0 heterocycles. The van der Waals surface area contributed by atoms with Crippen LogP contribution in [0.3, 0.4) is 0 Å². The summed E-state index contributed by atoms with van der Waals surface area (Å²) in [6.45, 7) is 2.11. The molecule has 1 amide bonds. The minimum Gasteiger partial charge on any atom is -0.320 e. The van der Waals surface area contributed by atoms with Crippen molar-refractivity contribution in [3.05, 3.63) is 29.8 Å². The molecule has 0 unspecified atom stereocenters. The molecule has 0 aromatic heterocycles. The van der Waals surface area contributed by atoms with E-state index in [1.807, 2.05) is 30.5 Å². The number of hydrogen-bond acceptors (Lipinski definition) is 3. The Morgan fingerprint density at radius 1 is 1.39 bits per heavy atom. The monoisotopic (exact) mass is 266 g/mol. The average Bonchev–Trinajstić information content (AvgIpc) is 2.43. The maximum Gasteiger partial charge on any atom is 0.243 e. The second-order valence-electron chi connectivity index (χ2n) is 4.31. The minimum atomic E-state index is -0.409. The van der Waals surface area contributed by atoms with E-state index in [4.69, 9.17) is 5.73 Å². The summed E-state index contributed by atoms with van der Waals surface area (Å²) in [5.74, 6) is 0.892. The minimum absolute atomic E-state index is 0.0201. The molecule has 0 aliphatic carbocycles. The molecule has 0 fully saturated rings. The van der Waals surface area contributed by atoms with Crippen LogP contribution in [0.5, 0.6) is 0 Å². The Labute approximate surface area is 114 Å². The summed E-state index contributed by atoms with van der Waals surface area (Å²) in [5, 5.41) is 0. The summed E-state index contributed by atoms with van der Waals surface area (Å²) in [7, 11) is 1.78. The van der Waals surface area contributed by atoms with Gasteiger partial charge < -0.3 is 10.6 Å². The number of hydrogen-bond donors (Lipinski definition) is 1. The van der Waals surface area contributed by atoms with Gasteiger partial charge in [-0.25, -0.2) is 0 Å². The number of rotatable bonds is 6. The van der Waals surface area contributed by atoms with Gasteiger partial charge in [-0.05, 0) is 42.5 Å². The number of amides is 1. The number of carbonyl (C=O) groups excluding carboxylic acids is 1. The van der Waals surface area contributed by atoms with Gasteiger partial charge in [0, 0.05) is 12.7 Å². The first kappa shape index (κ1) is 15.1. The molecular formula is C14H22N2OS. The highest BCUT2D eigenvalue weighted by atomic mass is 32.2. The van der Waals surface area contributed by atoms with Gasteiger partial charge in [-0.3, -0.25) is 4.79 Å². The predicted molar refractivity (Wildman–Crippen MR) is 80.2 cm³/mol. The van der Waals surface area contributed by atoms with Gasteiger partial charge in [0.25, 0.3) is 0 Å². The van der Waals surface area contributed by atoms with Crippen LogP contribution in [0.4, 0.5) is 5.69 Å². The van der Waals surface area contributed by atoms with Crippen LogP contribution in [0.2, 0.25) is 0 Å². The summed E-state index contributed by atoms with van der Waals surface area (Å²) < 4.78 is 0. The van der Waals surface area contributed by atoms with E-state index in [-0.39, 0.29) is 5.91 Å². The van der Waals surface area contributed by atoms with Gasteiger partial charge in [0.1, 0.15) is 0 Å². The molecule has 1 rings (SSSR count). The zero-order chi connectivity index (χ0) is 13.5. The van der Waals surface area contributed by atoms with E-state index >= 15 is 0 Å². The first-order valence-corrected chi connectivity index (χ1v) is 7.60. The lowest BCUT2D eigenvalue weighted by Crippen LogP contribution is -2.42. The van der Waals surface area contributed by atoms with Crippen LogP contribution >= 0.6 is 11.8 Å². The van der Waals surface area contributed by atoms with E-state index in [0.29, 0.717) is 0 Å². The van der Waals surface area contributed by atoms with E-state index in [1.54, 1.807) is 23.7 Å². The van der Waals surface area contributed by atoms with Gasteiger partial charge in [-0.1, -0.05) is 19.1 Å². The number of thioether (sulfide) groups is 1. The molecule has 100 valence electrons. The van der Waals surface area contributed by atoms with Crippen LogP contribution < -0.4 is 10.6 Å². The number of carbonyl (C=O) groups is 1. The number of nitrogens with two attached hydrogens (primary N) is 1. The maximum absolute atomic E-state index is 12.1. The quantitative estimate of drug-likeness (QED) is 0.859. The summed E-state index contributed by atoms with van der Waals surface area (Å²) in [5.41, 5.74) is 8.06. The highest BCUT2D eigenvalue weighted by Crippen LogP contribution is 2.15. The van der Waals surface area contributed by atoms with Gasteiger partial charge in [0.15, 0.2) is 0 Å². The predicted octanol–water partition coefficient (Wildman–Crippen LogP) is 2.29. The SMILES string of the molecule is CCc1ccc(N(C)C(=O)[C@H](N)CCSC)cc1. The summed E-state index contributed by atoms with van der Waals surface area (Å²) in [6, 6.07) is 7.63. The first-order chi connectivity index (χ1) is 8.60. The molecule has 1 aromatic carbocycles. The van der Waals surface area contributed by atoms with Crippen LogP contribution in [0.15, 0.2) is 24.3 Å². The zero-order valence-corrected chi connectivity index (χ0v) is 12.2. The first-order valence-electron chi connectivity index (χ1n) is 6.21. The average molecular weight is 266 g/mol. The van der Waals surface area contributed by atoms with E-state index < -0.39 is 6.04 Å². The fourth-order valence-corrected chi connectivity index (χ4v) is 2.19. The molecule has 18 heavy (non-hydrogen) atoms. The lowest BCUT2D eigenvalue weighted by molar-refractivity contribution is -0.119. The molecule has 0 bridgehead atoms. The van der Waals surface area contributed by atoms with Crippen LogP contribution in [-0.2, 0) is 11.2 Å². The molecule has 0 radical (unpaired) electrons. The number of aryl methyl sites for hydroxylation is 1. The molecule has 0 saturated carbocycles. The Morgan fingerprint density at radius 3 is 2.50 bits per heavy atom. The molecule has 0 aliphatic rings. The maximum atomic E-state index is 12.1. The summed E-state index contributed by atoms with van der Waals surface area (Å²) in [6.07, 6.45) is 3.74. The molecule has 2 N–H and O–H groups in total. The van der Waals surface area contributed by atoms with E-state index in [1.165, 1.54) is 5.56 Å². The second-order valence-corrected chi connectivity index (χ2v) is 5.29. The van der Waals surface area contributed by atoms with Gasteiger partial charge >= 0.3 is 0 Å². The Kier molecular flexibility index (Phi) is 6.22. The van der Waals surface area contributed by atoms with Gasteiger partial charge in [0.05, 0.1) is 6.04 Å². The third-order valence-corrected chi connectivity index (χ3v) is 3.66. The smallest absolute Gasteiger partial charge is 0.243 e. The number of nitrogens with zero attached hydrogens (tertiary/aromatic N) is 1. The van der Waals surface area contributed by atoms with Crippen molar-refractivity contribution in [1.29, 1.82) is 0 Å². The van der Waals surface area contributed by atoms with Crippen molar-refractivity contribution >= 4 is 23.4 Å². The fourth-order valence-electron chi connectivity index (χ4n) is 1.70. The Balaban J connectivity index is 2.67. The van der Waals surface area contributed by atoms with Crippen molar-refractivity contribution in [3.63, 3.8) is 0 Å². The summed E-state index contributed by atoms with van der Waals surface area (Å²) in [4.78, 5) is 13.7. The molecule has 0 spiro atoms. The Bertz CT molecular complexity index is 378. The zero-order valence-electron chi connectivity index (χ0n) is 11.3. The molecular weight excluding hydrogens is 244 g/mol. The highest BCUT2D eigenvalue weighted by molar-refractivity contribution is 7.98. The van der Waals surface area contributed by atoms with E-state index in [2.05, 4.69) is 6.92 Å². The normalized spacial score (nSPS) is 12.2. The van der Waals surface area contributed by atoms with Crippen molar-refractivity contribution in [3.8, 4) is 0 Å². The van der Waals surface area contributed by atoms with Crippen molar-refractivity contribution in [2.45, 2.75) is 25.8 Å². The number of anilines is 1. The van der Waals surface area contributed by atoms with Crippen molar-refractivity contribution in [2.24, 2.45) is 5.73 Å². The molecule has 4 heteroatoms. The van der Waals surface area contributed by atoms with Crippen molar-refractivity contribution < 1.29 is 4.79 Å². The van der Waals surface area contributed by atoms with E-state index in [0.717, 1.165) is 24.3 Å². The number of benzene rings is 1. The summed E-state index contributed by atoms with van der Waals surface area (Å²) >= 11 is 1.71. The van der Waals surface area contributed by atoms with Crippen LogP contribution in [0, 0.1) is 0 Å². The molecule has 0 aliphatic heterocycles. The third-order valence-electron chi connectivity index (χ3n) is 3.01. The van der Waals surface area contributed by atoms with Gasteiger partial charge in [-0.2, -0.15) is 11.8 Å². The Hall–Kier alpha value is -1.00. The second kappa shape index (κ2) is 7.44. The van der Waals surface area contributed by atoms with Gasteiger partial charge in [-0.15, -0.1) is 0 Å². The Morgan fingerprint density at radius 2 is 2.00 bits per heavy atom. The third kappa shape index (κ3) is 4.03. The lowest BCUT2D eigenvalue weighted by atomic mass is 10.1. The fraction of sp³-hybridized carbons (Fsp3) is 0.500. The van der Waals surface area contributed by atoms with Crippen LogP contribution in [-0.4, -0.2) is 31.0 Å². The van der Waals surface area contributed by atoms with Crippen molar-refractivity contribution in [1.82, 2.24) is 0 Å². The molecule has 1 atom stereocenters. The van der Waals surface area contributed by atoms with Crippen LogP contribution in [0.25, 0.3) is 0 Å². The molecule has 0 saturated heterocycles. The number of likely N-dealkylation sites (N-methyl/N-ethyl adjacent to an activating group) is 1. The van der Waals surface area contributed by atoms with Gasteiger partial charge in [0.2, 0.25) is 5.91 Å².